The molecule has 0 radical (unpaired) electrons. The van der Waals surface area contributed by atoms with Crippen molar-refractivity contribution in [3.05, 3.63) is 58.7 Å². The van der Waals surface area contributed by atoms with Gasteiger partial charge in [0.1, 0.15) is 0 Å². The number of benzene rings is 2. The lowest BCUT2D eigenvalue weighted by Gasteiger charge is -2.11. The molecule has 1 aliphatic carbocycles. The first-order valence-electron chi connectivity index (χ1n) is 6.81. The predicted molar refractivity (Wildman–Crippen MR) is 78.6 cm³/mol. The van der Waals surface area contributed by atoms with E-state index in [1.807, 2.05) is 6.92 Å². The Balaban J connectivity index is 2.26. The van der Waals surface area contributed by atoms with Crippen LogP contribution in [0.25, 0.3) is 11.1 Å². The summed E-state index contributed by atoms with van der Waals surface area (Å²) in [5.41, 5.74) is 6.91. The first kappa shape index (κ1) is 12.2. The zero-order chi connectivity index (χ0) is 13.6. The molecule has 0 spiro atoms. The molecule has 19 heavy (non-hydrogen) atoms. The molecule has 2 aromatic rings. The molecule has 0 aromatic heterocycles. The van der Waals surface area contributed by atoms with Crippen LogP contribution in [0.3, 0.4) is 0 Å². The second-order valence-electron chi connectivity index (χ2n) is 5.63. The minimum absolute atomic E-state index is 0.126. The van der Waals surface area contributed by atoms with Crippen molar-refractivity contribution in [2.45, 2.75) is 27.2 Å². The maximum Gasteiger partial charge on any atom is 0.166 e. The Morgan fingerprint density at radius 2 is 1.84 bits per heavy atom. The lowest BCUT2D eigenvalue weighted by molar-refractivity contribution is 0.0947. The fourth-order valence-corrected chi connectivity index (χ4v) is 2.98. The second kappa shape index (κ2) is 4.34. The van der Waals surface area contributed by atoms with Crippen LogP contribution in [-0.2, 0) is 6.42 Å². The van der Waals surface area contributed by atoms with Crippen molar-refractivity contribution >= 4 is 5.78 Å². The zero-order valence-corrected chi connectivity index (χ0v) is 11.7. The van der Waals surface area contributed by atoms with Gasteiger partial charge in [0, 0.05) is 11.5 Å². The molecular weight excluding hydrogens is 232 g/mol. The summed E-state index contributed by atoms with van der Waals surface area (Å²) in [7, 11) is 0. The van der Waals surface area contributed by atoms with Crippen molar-refractivity contribution in [2.75, 3.05) is 0 Å². The molecule has 1 unspecified atom stereocenters. The highest BCUT2D eigenvalue weighted by molar-refractivity contribution is 6.07. The van der Waals surface area contributed by atoms with E-state index in [1.54, 1.807) is 0 Å². The van der Waals surface area contributed by atoms with Gasteiger partial charge >= 0.3 is 0 Å². The Labute approximate surface area is 114 Å². The van der Waals surface area contributed by atoms with Crippen LogP contribution in [0.1, 0.15) is 34.0 Å². The number of carbonyl (C=O) groups excluding carboxylic acids is 1. The number of aryl methyl sites for hydroxylation is 2. The molecule has 1 atom stereocenters. The third kappa shape index (κ3) is 1.90. The molecule has 0 fully saturated rings. The molecular formula is C18H18O. The average Bonchev–Trinajstić information content (AvgIpc) is 2.68. The third-order valence-corrected chi connectivity index (χ3v) is 4.05. The van der Waals surface area contributed by atoms with Crippen molar-refractivity contribution in [1.82, 2.24) is 0 Å². The molecule has 0 heterocycles. The molecule has 0 bridgehead atoms. The highest BCUT2D eigenvalue weighted by atomic mass is 16.1. The predicted octanol–water partition coefficient (Wildman–Crippen LogP) is 4.35. The molecule has 96 valence electrons. The highest BCUT2D eigenvalue weighted by Crippen LogP contribution is 2.36. The molecule has 1 heteroatoms. The second-order valence-corrected chi connectivity index (χ2v) is 5.63. The normalized spacial score (nSPS) is 17.6. The minimum Gasteiger partial charge on any atom is -0.294 e. The van der Waals surface area contributed by atoms with E-state index in [4.69, 9.17) is 0 Å². The first-order valence-corrected chi connectivity index (χ1v) is 6.81. The summed E-state index contributed by atoms with van der Waals surface area (Å²) in [4.78, 5) is 12.4. The summed E-state index contributed by atoms with van der Waals surface area (Å²) in [5.74, 6) is 0.424. The number of rotatable bonds is 1. The summed E-state index contributed by atoms with van der Waals surface area (Å²) < 4.78 is 0. The summed E-state index contributed by atoms with van der Waals surface area (Å²) >= 11 is 0. The topological polar surface area (TPSA) is 17.1 Å². The van der Waals surface area contributed by atoms with E-state index in [0.29, 0.717) is 5.78 Å². The van der Waals surface area contributed by atoms with Crippen molar-refractivity contribution in [3.63, 3.8) is 0 Å². The van der Waals surface area contributed by atoms with Crippen LogP contribution >= 0.6 is 0 Å². The number of carbonyl (C=O) groups is 1. The number of ketones is 1. The van der Waals surface area contributed by atoms with Crippen molar-refractivity contribution < 1.29 is 4.79 Å². The smallest absolute Gasteiger partial charge is 0.166 e. The van der Waals surface area contributed by atoms with Gasteiger partial charge in [-0.25, -0.2) is 0 Å². The fourth-order valence-electron chi connectivity index (χ4n) is 2.98. The molecule has 0 saturated carbocycles. The number of fused-ring (bicyclic) bond motifs is 1. The van der Waals surface area contributed by atoms with E-state index in [2.05, 4.69) is 50.2 Å². The van der Waals surface area contributed by atoms with Crippen LogP contribution in [0.5, 0.6) is 0 Å². The van der Waals surface area contributed by atoms with E-state index in [9.17, 15) is 4.79 Å². The summed E-state index contributed by atoms with van der Waals surface area (Å²) in [6.45, 7) is 6.22. The summed E-state index contributed by atoms with van der Waals surface area (Å²) in [5, 5.41) is 0. The average molecular weight is 250 g/mol. The molecule has 3 rings (SSSR count). The van der Waals surface area contributed by atoms with Gasteiger partial charge in [-0.3, -0.25) is 4.79 Å². The Morgan fingerprint density at radius 3 is 2.63 bits per heavy atom. The van der Waals surface area contributed by atoms with Crippen molar-refractivity contribution in [2.24, 2.45) is 5.92 Å². The van der Waals surface area contributed by atoms with Gasteiger partial charge in [-0.05, 0) is 42.5 Å². The Hall–Kier alpha value is -1.89. The fraction of sp³-hybridized carbons (Fsp3) is 0.278. The van der Waals surface area contributed by atoms with Crippen LogP contribution in [-0.4, -0.2) is 5.78 Å². The van der Waals surface area contributed by atoms with Crippen LogP contribution in [0.2, 0.25) is 0 Å². The highest BCUT2D eigenvalue weighted by Gasteiger charge is 2.29. The van der Waals surface area contributed by atoms with E-state index in [-0.39, 0.29) is 5.92 Å². The van der Waals surface area contributed by atoms with Crippen molar-refractivity contribution in [1.29, 1.82) is 0 Å². The van der Waals surface area contributed by atoms with Crippen LogP contribution in [0, 0.1) is 19.8 Å². The van der Waals surface area contributed by atoms with Gasteiger partial charge in [-0.2, -0.15) is 0 Å². The molecule has 1 nitrogen and oxygen atoms in total. The van der Waals surface area contributed by atoms with E-state index >= 15 is 0 Å². The Kier molecular flexibility index (Phi) is 2.78. The van der Waals surface area contributed by atoms with Gasteiger partial charge in [-0.15, -0.1) is 0 Å². The van der Waals surface area contributed by atoms with Gasteiger partial charge in [0.05, 0.1) is 0 Å². The van der Waals surface area contributed by atoms with E-state index < -0.39 is 0 Å². The molecule has 0 aliphatic heterocycles. The van der Waals surface area contributed by atoms with E-state index in [1.165, 1.54) is 22.3 Å². The van der Waals surface area contributed by atoms with E-state index in [0.717, 1.165) is 17.5 Å². The first-order chi connectivity index (χ1) is 9.08. The van der Waals surface area contributed by atoms with Gasteiger partial charge < -0.3 is 0 Å². The van der Waals surface area contributed by atoms with Crippen molar-refractivity contribution in [3.8, 4) is 11.1 Å². The third-order valence-electron chi connectivity index (χ3n) is 4.05. The lowest BCUT2D eigenvalue weighted by Crippen LogP contribution is -2.04. The summed E-state index contributed by atoms with van der Waals surface area (Å²) in [6, 6.07) is 12.7. The number of Topliss-reactive ketones (excluding diaryl/α,β-unsaturated/α-hetero) is 1. The standard InChI is InChI=1S/C18H18O/c1-11-7-8-12(2)16(9-11)15-6-4-5-14-10-13(3)18(19)17(14)15/h4-9,13H,10H2,1-3H3. The lowest BCUT2D eigenvalue weighted by atomic mass is 9.92. The maximum absolute atomic E-state index is 12.4. The SMILES string of the molecule is Cc1ccc(C)c(-c2cccc3c2C(=O)C(C)C3)c1. The quantitative estimate of drug-likeness (QED) is 0.735. The summed E-state index contributed by atoms with van der Waals surface area (Å²) in [6.07, 6.45) is 0.882. The van der Waals surface area contributed by atoms with Crippen LogP contribution < -0.4 is 0 Å². The number of hydrogen-bond acceptors (Lipinski definition) is 1. The van der Waals surface area contributed by atoms with Crippen LogP contribution in [0.15, 0.2) is 36.4 Å². The maximum atomic E-state index is 12.4. The van der Waals surface area contributed by atoms with Gasteiger partial charge in [0.2, 0.25) is 0 Å². The van der Waals surface area contributed by atoms with Gasteiger partial charge in [0.25, 0.3) is 0 Å². The molecule has 0 amide bonds. The zero-order valence-electron chi connectivity index (χ0n) is 11.7. The monoisotopic (exact) mass is 250 g/mol. The Bertz CT molecular complexity index is 667. The van der Waals surface area contributed by atoms with Gasteiger partial charge in [-0.1, -0.05) is 48.9 Å². The van der Waals surface area contributed by atoms with Crippen LogP contribution in [0.4, 0.5) is 0 Å². The van der Waals surface area contributed by atoms with Gasteiger partial charge in [0.15, 0.2) is 5.78 Å². The molecule has 1 aliphatic rings. The molecule has 2 aromatic carbocycles. The molecule has 0 N–H and O–H groups in total. The molecule has 0 saturated heterocycles. The Morgan fingerprint density at radius 1 is 1.05 bits per heavy atom. The largest absolute Gasteiger partial charge is 0.294 e. The minimum atomic E-state index is 0.126. The number of hydrogen-bond donors (Lipinski definition) is 0.